The number of carbonyl (C=O) groups excluding carboxylic acids is 1. The molecule has 0 saturated carbocycles. The maximum Gasteiger partial charge on any atom is 0.339 e. The van der Waals surface area contributed by atoms with Gasteiger partial charge in [-0.1, -0.05) is 5.16 Å². The molecule has 0 fully saturated rings. The Hall–Kier alpha value is -1.90. The molecule has 0 bridgehead atoms. The highest BCUT2D eigenvalue weighted by Gasteiger charge is 2.30. The molecule has 8 nitrogen and oxygen atoms in total. The molecule has 2 heterocycles. The SMILES string of the molecule is CC1=NNC(=O)N(CS(=O)(=O)c2c(C)noc2C)C1. The van der Waals surface area contributed by atoms with Crippen LogP contribution in [-0.4, -0.2) is 42.6 Å². The molecule has 0 aromatic carbocycles. The van der Waals surface area contributed by atoms with Gasteiger partial charge in [0.2, 0.25) is 9.84 Å². The van der Waals surface area contributed by atoms with Crippen LogP contribution >= 0.6 is 0 Å². The fourth-order valence-electron chi connectivity index (χ4n) is 1.89. The first-order valence-corrected chi connectivity index (χ1v) is 7.20. The highest BCUT2D eigenvalue weighted by Crippen LogP contribution is 2.21. The van der Waals surface area contributed by atoms with E-state index in [-0.39, 0.29) is 17.2 Å². The maximum atomic E-state index is 12.3. The summed E-state index contributed by atoms with van der Waals surface area (Å²) in [6, 6.07) is -0.541. The predicted octanol–water partition coefficient (Wildman–Crippen LogP) is 0.424. The van der Waals surface area contributed by atoms with Crippen LogP contribution in [0.4, 0.5) is 4.79 Å². The van der Waals surface area contributed by atoms with Crippen molar-refractivity contribution in [2.75, 3.05) is 12.4 Å². The minimum absolute atomic E-state index is 0.0421. The molecule has 104 valence electrons. The fraction of sp³-hybridized carbons (Fsp3) is 0.500. The average molecular weight is 286 g/mol. The molecule has 2 amide bonds. The number of aryl methyl sites for hydroxylation is 2. The molecule has 0 saturated heterocycles. The number of hydrazone groups is 1. The zero-order valence-electron chi connectivity index (χ0n) is 10.8. The fourth-order valence-corrected chi connectivity index (χ4v) is 3.60. The Morgan fingerprint density at radius 2 is 2.05 bits per heavy atom. The van der Waals surface area contributed by atoms with Crippen molar-refractivity contribution in [1.29, 1.82) is 0 Å². The third-order valence-electron chi connectivity index (χ3n) is 2.65. The molecule has 1 aromatic heterocycles. The lowest BCUT2D eigenvalue weighted by Crippen LogP contribution is -2.47. The van der Waals surface area contributed by atoms with E-state index in [4.69, 9.17) is 4.52 Å². The van der Waals surface area contributed by atoms with E-state index in [1.54, 1.807) is 13.8 Å². The normalized spacial score (nSPS) is 16.3. The number of amides is 2. The van der Waals surface area contributed by atoms with Crippen LogP contribution in [0.2, 0.25) is 0 Å². The molecular weight excluding hydrogens is 272 g/mol. The number of nitrogens with zero attached hydrogens (tertiary/aromatic N) is 3. The van der Waals surface area contributed by atoms with Gasteiger partial charge in [-0.3, -0.25) is 0 Å². The Labute approximate surface area is 110 Å². The summed E-state index contributed by atoms with van der Waals surface area (Å²) in [5.74, 6) is -0.213. The number of urea groups is 1. The molecule has 1 aliphatic heterocycles. The summed E-state index contributed by atoms with van der Waals surface area (Å²) in [6.45, 7) is 4.95. The van der Waals surface area contributed by atoms with Crippen LogP contribution < -0.4 is 5.43 Å². The number of hydrogen-bond acceptors (Lipinski definition) is 6. The molecule has 0 aliphatic carbocycles. The molecule has 2 rings (SSSR count). The minimum Gasteiger partial charge on any atom is -0.360 e. The van der Waals surface area contributed by atoms with Gasteiger partial charge in [-0.15, -0.1) is 0 Å². The predicted molar refractivity (Wildman–Crippen MR) is 66.4 cm³/mol. The largest absolute Gasteiger partial charge is 0.360 e. The first-order chi connectivity index (χ1) is 8.81. The molecule has 9 heteroatoms. The second kappa shape index (κ2) is 4.65. The Kier molecular flexibility index (Phi) is 3.31. The molecule has 1 aromatic rings. The van der Waals surface area contributed by atoms with E-state index in [1.807, 2.05) is 0 Å². The van der Waals surface area contributed by atoms with E-state index in [2.05, 4.69) is 15.7 Å². The zero-order valence-corrected chi connectivity index (χ0v) is 11.6. The number of hydrogen-bond donors (Lipinski definition) is 1. The summed E-state index contributed by atoms with van der Waals surface area (Å²) in [4.78, 5) is 12.8. The Morgan fingerprint density at radius 3 is 2.63 bits per heavy atom. The van der Waals surface area contributed by atoms with Gasteiger partial charge < -0.3 is 9.42 Å². The van der Waals surface area contributed by atoms with Crippen LogP contribution in [0.3, 0.4) is 0 Å². The molecule has 19 heavy (non-hydrogen) atoms. The van der Waals surface area contributed by atoms with Gasteiger partial charge in [0.1, 0.15) is 10.8 Å². The molecule has 0 unspecified atom stereocenters. The van der Waals surface area contributed by atoms with Crippen molar-refractivity contribution in [3.8, 4) is 0 Å². The zero-order chi connectivity index (χ0) is 14.2. The molecule has 0 radical (unpaired) electrons. The number of nitrogens with one attached hydrogen (secondary N) is 1. The monoisotopic (exact) mass is 286 g/mol. The Morgan fingerprint density at radius 1 is 1.37 bits per heavy atom. The van der Waals surface area contributed by atoms with E-state index >= 15 is 0 Å². The van der Waals surface area contributed by atoms with E-state index in [1.165, 1.54) is 11.8 Å². The third kappa shape index (κ3) is 2.60. The first kappa shape index (κ1) is 13.5. The van der Waals surface area contributed by atoms with Crippen molar-refractivity contribution in [2.24, 2.45) is 5.10 Å². The number of rotatable bonds is 3. The van der Waals surface area contributed by atoms with Crippen LogP contribution in [0, 0.1) is 13.8 Å². The van der Waals surface area contributed by atoms with Crippen LogP contribution in [0.1, 0.15) is 18.4 Å². The number of sulfone groups is 1. The van der Waals surface area contributed by atoms with Gasteiger partial charge in [0, 0.05) is 0 Å². The highest BCUT2D eigenvalue weighted by atomic mass is 32.2. The lowest BCUT2D eigenvalue weighted by molar-refractivity contribution is 0.209. The summed E-state index contributed by atoms with van der Waals surface area (Å²) < 4.78 is 29.4. The van der Waals surface area contributed by atoms with Crippen molar-refractivity contribution in [3.63, 3.8) is 0 Å². The summed E-state index contributed by atoms with van der Waals surface area (Å²) in [6.07, 6.45) is 0. The molecular formula is C10H14N4O4S. The van der Waals surface area contributed by atoms with Gasteiger partial charge >= 0.3 is 6.03 Å². The van der Waals surface area contributed by atoms with Crippen LogP contribution in [0.15, 0.2) is 14.5 Å². The lowest BCUT2D eigenvalue weighted by atomic mass is 10.4. The van der Waals surface area contributed by atoms with Gasteiger partial charge in [0.15, 0.2) is 5.76 Å². The van der Waals surface area contributed by atoms with Gasteiger partial charge in [-0.05, 0) is 20.8 Å². The van der Waals surface area contributed by atoms with E-state index in [9.17, 15) is 13.2 Å². The van der Waals surface area contributed by atoms with Gasteiger partial charge in [-0.2, -0.15) is 5.10 Å². The van der Waals surface area contributed by atoms with Crippen molar-refractivity contribution in [3.05, 3.63) is 11.5 Å². The average Bonchev–Trinajstić information content (AvgIpc) is 2.64. The molecule has 1 aliphatic rings. The Bertz CT molecular complexity index is 627. The van der Waals surface area contributed by atoms with Crippen molar-refractivity contribution < 1.29 is 17.7 Å². The maximum absolute atomic E-state index is 12.3. The van der Waals surface area contributed by atoms with Crippen LogP contribution in [-0.2, 0) is 9.84 Å². The minimum atomic E-state index is -3.68. The molecule has 1 N–H and O–H groups in total. The van der Waals surface area contributed by atoms with Crippen molar-refractivity contribution in [2.45, 2.75) is 25.7 Å². The second-order valence-electron chi connectivity index (χ2n) is 4.36. The summed E-state index contributed by atoms with van der Waals surface area (Å²) in [7, 11) is -3.68. The Balaban J connectivity index is 2.28. The second-order valence-corrected chi connectivity index (χ2v) is 6.26. The highest BCUT2D eigenvalue weighted by molar-refractivity contribution is 7.91. The van der Waals surface area contributed by atoms with E-state index in [0.29, 0.717) is 11.4 Å². The third-order valence-corrected chi connectivity index (χ3v) is 4.51. The number of aromatic nitrogens is 1. The number of carbonyl (C=O) groups is 1. The van der Waals surface area contributed by atoms with E-state index in [0.717, 1.165) is 0 Å². The van der Waals surface area contributed by atoms with Crippen molar-refractivity contribution in [1.82, 2.24) is 15.5 Å². The van der Waals surface area contributed by atoms with Crippen LogP contribution in [0.25, 0.3) is 0 Å². The quantitative estimate of drug-likeness (QED) is 0.867. The van der Waals surface area contributed by atoms with Crippen LogP contribution in [0.5, 0.6) is 0 Å². The molecule has 0 atom stereocenters. The van der Waals surface area contributed by atoms with Gasteiger partial charge in [0.25, 0.3) is 0 Å². The smallest absolute Gasteiger partial charge is 0.339 e. The standard InChI is InChI=1S/C10H14N4O4S/c1-6-4-14(10(15)12-11-6)5-19(16,17)9-7(2)13-18-8(9)3/h4-5H2,1-3H3,(H,12,15). The summed E-state index contributed by atoms with van der Waals surface area (Å²) in [5.41, 5.74) is 3.18. The summed E-state index contributed by atoms with van der Waals surface area (Å²) >= 11 is 0. The van der Waals surface area contributed by atoms with Crippen molar-refractivity contribution >= 4 is 21.6 Å². The topological polar surface area (TPSA) is 105 Å². The van der Waals surface area contributed by atoms with E-state index < -0.39 is 21.7 Å². The lowest BCUT2D eigenvalue weighted by Gasteiger charge is -2.24. The summed E-state index contributed by atoms with van der Waals surface area (Å²) in [5, 5.41) is 7.35. The van der Waals surface area contributed by atoms with Gasteiger partial charge in [0.05, 0.1) is 18.0 Å². The first-order valence-electron chi connectivity index (χ1n) is 5.55. The molecule has 0 spiro atoms. The van der Waals surface area contributed by atoms with Gasteiger partial charge in [-0.25, -0.2) is 18.6 Å².